The van der Waals surface area contributed by atoms with Gasteiger partial charge in [0.15, 0.2) is 11.5 Å². The maximum absolute atomic E-state index is 13.3. The number of cyclic esters (lactones) is 1. The number of methoxy groups -OCH3 is 2. The molecule has 0 saturated carbocycles. The second-order valence-corrected chi connectivity index (χ2v) is 12.5. The number of unbranched alkanes of at least 4 members (excludes halogenated alkanes) is 1. The predicted octanol–water partition coefficient (Wildman–Crippen LogP) is 3.25. The van der Waals surface area contributed by atoms with Crippen molar-refractivity contribution in [3.05, 3.63) is 63.9 Å². The average molecular weight is 667 g/mol. The van der Waals surface area contributed by atoms with Crippen molar-refractivity contribution in [1.82, 2.24) is 26.6 Å². The van der Waals surface area contributed by atoms with Crippen molar-refractivity contribution >= 4 is 12.0 Å². The smallest absolute Gasteiger partial charge is 0.319 e. The first kappa shape index (κ1) is 37.0. The molecule has 1 heterocycles. The van der Waals surface area contributed by atoms with E-state index in [1.807, 2.05) is 13.8 Å². The number of phenolic OH excluding ortho intramolecular Hbond substituents is 1. The molecule has 264 valence electrons. The molecule has 12 nitrogen and oxygen atoms in total. The molecule has 1 aliphatic carbocycles. The molecule has 0 radical (unpaired) electrons. The molecule has 4 rings (SSSR count). The molecule has 1 unspecified atom stereocenters. The molecule has 48 heavy (non-hydrogen) atoms. The number of amides is 2. The highest BCUT2D eigenvalue weighted by atomic mass is 16.5. The summed E-state index contributed by atoms with van der Waals surface area (Å²) in [7, 11) is 2.94. The Morgan fingerprint density at radius 1 is 0.792 bits per heavy atom. The lowest BCUT2D eigenvalue weighted by molar-refractivity contribution is -0.139. The highest BCUT2D eigenvalue weighted by Crippen LogP contribution is 2.53. The lowest BCUT2D eigenvalue weighted by Crippen LogP contribution is -2.43. The average Bonchev–Trinajstić information content (AvgIpc) is 3.46. The largest absolute Gasteiger partial charge is 0.502 e. The lowest BCUT2D eigenvalue weighted by Gasteiger charge is -2.37. The number of nitrogens with two attached hydrogens (primary N) is 1. The number of carbonyl (C=O) groups is 2. The normalized spacial score (nSPS) is 18.1. The Morgan fingerprint density at radius 3 is 1.92 bits per heavy atom. The second kappa shape index (κ2) is 18.6. The van der Waals surface area contributed by atoms with E-state index in [1.165, 1.54) is 26.9 Å². The number of esters is 1. The van der Waals surface area contributed by atoms with E-state index in [2.05, 4.69) is 38.7 Å². The van der Waals surface area contributed by atoms with Gasteiger partial charge >= 0.3 is 12.0 Å². The lowest BCUT2D eigenvalue weighted by atomic mass is 9.67. The van der Waals surface area contributed by atoms with E-state index < -0.39 is 23.8 Å². The Balaban J connectivity index is 1.30. The van der Waals surface area contributed by atoms with Crippen LogP contribution < -0.4 is 41.8 Å². The van der Waals surface area contributed by atoms with Gasteiger partial charge in [-0.15, -0.1) is 0 Å². The standard InChI is InChI=1S/C36H54N6O6/c1-23-18-26-27(19-24(23)2)33(28-22-48-35(44)32(28)31(26)25-20-29(46-3)34(43)30(21-25)47-4)42-36(45)41-17-9-16-40-15-8-14-39-12-6-5-11-38-13-7-10-37/h18-22,31-33,38-40,43H,5-17,37H2,1-4H3,(H2,41,42,45)/t31?,32-,33+/m0/s1. The fourth-order valence-electron chi connectivity index (χ4n) is 6.39. The third kappa shape index (κ3) is 9.40. The molecule has 0 fully saturated rings. The maximum atomic E-state index is 13.3. The van der Waals surface area contributed by atoms with Gasteiger partial charge in [0.1, 0.15) is 0 Å². The highest BCUT2D eigenvalue weighted by Gasteiger charge is 2.48. The van der Waals surface area contributed by atoms with Gasteiger partial charge in [-0.1, -0.05) is 12.1 Å². The van der Waals surface area contributed by atoms with Crippen LogP contribution in [0, 0.1) is 19.8 Å². The van der Waals surface area contributed by atoms with E-state index in [9.17, 15) is 14.7 Å². The highest BCUT2D eigenvalue weighted by molar-refractivity contribution is 5.85. The fourth-order valence-corrected chi connectivity index (χ4v) is 6.39. The number of phenols is 1. The van der Waals surface area contributed by atoms with Crippen LogP contribution in [0.3, 0.4) is 0 Å². The van der Waals surface area contributed by atoms with Crippen LogP contribution in [-0.4, -0.2) is 83.7 Å². The topological polar surface area (TPSA) is 168 Å². The third-order valence-electron chi connectivity index (χ3n) is 9.11. The molecular formula is C36H54N6O6. The van der Waals surface area contributed by atoms with Gasteiger partial charge in [-0.2, -0.15) is 0 Å². The molecule has 12 heteroatoms. The monoisotopic (exact) mass is 666 g/mol. The zero-order chi connectivity index (χ0) is 34.5. The van der Waals surface area contributed by atoms with E-state index in [0.29, 0.717) is 12.1 Å². The number of hydrogen-bond donors (Lipinski definition) is 7. The molecule has 0 spiro atoms. The molecule has 2 aromatic rings. The van der Waals surface area contributed by atoms with Gasteiger partial charge in [-0.05, 0) is 132 Å². The summed E-state index contributed by atoms with van der Waals surface area (Å²) in [5.41, 5.74) is 10.8. The molecule has 8 N–H and O–H groups in total. The van der Waals surface area contributed by atoms with Crippen LogP contribution in [0.5, 0.6) is 17.2 Å². The van der Waals surface area contributed by atoms with E-state index in [1.54, 1.807) is 12.1 Å². The number of nitrogens with one attached hydrogen (secondary N) is 5. The molecule has 1 aliphatic heterocycles. The van der Waals surface area contributed by atoms with Crippen molar-refractivity contribution in [2.24, 2.45) is 11.7 Å². The van der Waals surface area contributed by atoms with Gasteiger partial charge in [0, 0.05) is 18.0 Å². The zero-order valence-electron chi connectivity index (χ0n) is 28.9. The summed E-state index contributed by atoms with van der Waals surface area (Å²) in [5.74, 6) is -1.15. The first-order valence-corrected chi connectivity index (χ1v) is 17.1. The van der Waals surface area contributed by atoms with Gasteiger partial charge in [0.2, 0.25) is 5.75 Å². The summed E-state index contributed by atoms with van der Waals surface area (Å²) in [6, 6.07) is 6.72. The summed E-state index contributed by atoms with van der Waals surface area (Å²) in [5, 5.41) is 27.0. The molecule has 3 atom stereocenters. The minimum absolute atomic E-state index is 0.113. The van der Waals surface area contributed by atoms with Crippen molar-refractivity contribution in [2.75, 3.05) is 66.6 Å². The van der Waals surface area contributed by atoms with E-state index >= 15 is 0 Å². The van der Waals surface area contributed by atoms with E-state index in [-0.39, 0.29) is 23.3 Å². The van der Waals surface area contributed by atoms with Crippen molar-refractivity contribution in [2.45, 2.75) is 57.9 Å². The van der Waals surface area contributed by atoms with Crippen molar-refractivity contribution in [1.29, 1.82) is 0 Å². The molecule has 0 bridgehead atoms. The minimum atomic E-state index is -0.675. The van der Waals surface area contributed by atoms with Gasteiger partial charge in [0.25, 0.3) is 0 Å². The van der Waals surface area contributed by atoms with Crippen LogP contribution in [0.1, 0.15) is 71.9 Å². The molecule has 0 aromatic heterocycles. The van der Waals surface area contributed by atoms with Crippen LogP contribution in [0.25, 0.3) is 0 Å². The molecule has 2 aromatic carbocycles. The summed E-state index contributed by atoms with van der Waals surface area (Å²) in [6.45, 7) is 11.1. The van der Waals surface area contributed by atoms with Crippen molar-refractivity contribution in [3.63, 3.8) is 0 Å². The number of fused-ring (bicyclic) bond motifs is 2. The Labute approximate surface area is 284 Å². The Hall–Kier alpha value is -3.84. The number of ether oxygens (including phenoxy) is 3. The number of hydrogen-bond acceptors (Lipinski definition) is 10. The third-order valence-corrected chi connectivity index (χ3v) is 9.11. The molecular weight excluding hydrogens is 612 g/mol. The molecule has 2 amide bonds. The summed E-state index contributed by atoms with van der Waals surface area (Å²) in [4.78, 5) is 26.4. The number of carbonyl (C=O) groups excluding carboxylic acids is 2. The number of urea groups is 1. The second-order valence-electron chi connectivity index (χ2n) is 12.5. The van der Waals surface area contributed by atoms with Crippen molar-refractivity contribution < 1.29 is 28.9 Å². The van der Waals surface area contributed by atoms with Gasteiger partial charge in [-0.25, -0.2) is 4.79 Å². The summed E-state index contributed by atoms with van der Waals surface area (Å²) in [6.07, 6.45) is 6.66. The van der Waals surface area contributed by atoms with Crippen LogP contribution in [-0.2, 0) is 9.53 Å². The Kier molecular flexibility index (Phi) is 14.4. The summed E-state index contributed by atoms with van der Waals surface area (Å²) < 4.78 is 16.3. The van der Waals surface area contributed by atoms with Crippen LogP contribution in [0.4, 0.5) is 4.79 Å². The fraction of sp³-hybridized carbons (Fsp3) is 0.556. The first-order valence-electron chi connectivity index (χ1n) is 17.1. The SMILES string of the molecule is COc1cc(C2c3cc(C)c(C)cc3[C@@H](NC(=O)NCCCNCCCNCCCCNCCCN)C3=COC(=O)[C@@H]32)cc(OC)c1O. The van der Waals surface area contributed by atoms with Crippen LogP contribution >= 0.6 is 0 Å². The van der Waals surface area contributed by atoms with Crippen molar-refractivity contribution in [3.8, 4) is 17.2 Å². The Morgan fingerprint density at radius 2 is 1.33 bits per heavy atom. The number of aromatic hydroxyl groups is 1. The first-order chi connectivity index (χ1) is 23.3. The maximum Gasteiger partial charge on any atom is 0.319 e. The number of aryl methyl sites for hydroxylation is 2. The summed E-state index contributed by atoms with van der Waals surface area (Å²) >= 11 is 0. The van der Waals surface area contributed by atoms with Crippen LogP contribution in [0.15, 0.2) is 36.1 Å². The molecule has 2 aliphatic rings. The number of benzene rings is 2. The van der Waals surface area contributed by atoms with Gasteiger partial charge < -0.3 is 51.6 Å². The minimum Gasteiger partial charge on any atom is -0.502 e. The predicted molar refractivity (Wildman–Crippen MR) is 187 cm³/mol. The van der Waals surface area contributed by atoms with Crippen LogP contribution in [0.2, 0.25) is 0 Å². The van der Waals surface area contributed by atoms with Gasteiger partial charge in [-0.3, -0.25) is 4.79 Å². The zero-order valence-corrected chi connectivity index (χ0v) is 28.9. The number of rotatable bonds is 20. The quantitative estimate of drug-likeness (QED) is 0.0823. The van der Waals surface area contributed by atoms with E-state index in [0.717, 1.165) is 99.3 Å². The van der Waals surface area contributed by atoms with Gasteiger partial charge in [0.05, 0.1) is 32.4 Å². The molecule has 0 saturated heterocycles. The van der Waals surface area contributed by atoms with E-state index in [4.69, 9.17) is 19.9 Å². The Bertz CT molecular complexity index is 1390.